The standard InChI is InChI=1S/2C41H28N4.C40H27N5/c1-27-17-18-32-23-24-34-35(25-36(30-13-7-3-8-14-30)43-40(34)39(32)42-27)38-26-37(44-41(45-38)33-15-9-4-10-16-33)31-21-19-29(20-22-31)28-11-5-2-6-12-28;1-27-17-18-32-23-24-34-35(25-36(30-13-7-3-8-14-30)43-40(34)39(32)42-27)38-26-37(31-15-9-4-10-16-31)44-41(45-38)33-21-19-29(20-22-33)28-11-5-2-6-12-28;1-26-12-13-32-18-19-33-34(24-35(31-20-22-41-23-21-31)43-39(33)38(32)42-26)40-44-36(29-10-6-3-7-11-29)25-37(45-40)30-16-14-28(15-17-30)27-8-4-2-5-9-27/h2*2-26H,1H3;2-25H,1H3. The second kappa shape index (κ2) is 36.8. The van der Waals surface area contributed by atoms with Gasteiger partial charge in [0.15, 0.2) is 17.5 Å². The molecule has 13 nitrogen and oxygen atoms in total. The lowest BCUT2D eigenvalue weighted by molar-refractivity contribution is 1.18. The van der Waals surface area contributed by atoms with Gasteiger partial charge in [0, 0.05) is 129 Å². The molecule has 0 saturated carbocycles. The van der Waals surface area contributed by atoms with E-state index in [1.165, 1.54) is 22.3 Å². The number of fused-ring (bicyclic) bond motifs is 9. The predicted molar refractivity (Wildman–Crippen MR) is 551 cm³/mol. The third kappa shape index (κ3) is 17.4. The van der Waals surface area contributed by atoms with E-state index in [0.717, 1.165) is 212 Å². The fraction of sp³-hybridized carbons (Fsp3) is 0.0246. The molecule has 0 aliphatic carbocycles. The van der Waals surface area contributed by atoms with Gasteiger partial charge in [-0.05, 0) is 121 Å². The lowest BCUT2D eigenvalue weighted by Crippen LogP contribution is -1.99. The Morgan fingerprint density at radius 2 is 0.356 bits per heavy atom. The number of rotatable bonds is 15. The van der Waals surface area contributed by atoms with Crippen LogP contribution in [-0.2, 0) is 0 Å². The summed E-state index contributed by atoms with van der Waals surface area (Å²) in [6.07, 6.45) is 3.58. The summed E-state index contributed by atoms with van der Waals surface area (Å²) >= 11 is 0. The highest BCUT2D eigenvalue weighted by Gasteiger charge is 2.24. The predicted octanol–water partition coefficient (Wildman–Crippen LogP) is 30.0. The van der Waals surface area contributed by atoms with Crippen molar-refractivity contribution >= 4 is 65.4 Å². The molecule has 636 valence electrons. The Labute approximate surface area is 780 Å². The van der Waals surface area contributed by atoms with Crippen LogP contribution in [0.1, 0.15) is 17.1 Å². The maximum absolute atomic E-state index is 5.23. The van der Waals surface area contributed by atoms with Crippen LogP contribution in [0.15, 0.2) is 449 Å². The third-order valence-corrected chi connectivity index (χ3v) is 24.4. The Balaban J connectivity index is 0.000000118. The van der Waals surface area contributed by atoms with Crippen molar-refractivity contribution in [2.45, 2.75) is 20.8 Å². The van der Waals surface area contributed by atoms with Gasteiger partial charge in [-0.2, -0.15) is 0 Å². The van der Waals surface area contributed by atoms with Crippen LogP contribution in [0.5, 0.6) is 0 Å². The SMILES string of the molecule is Cc1ccc2ccc3c(-c4cc(-c5ccc(-c6ccccc6)cc5)nc(-c5ccccc5)n4)cc(-c4ccccc4)nc3c2n1.Cc1ccc2ccc3c(-c4cc(-c5ccccc5)nc(-c5ccc(-c6ccccc6)cc5)n4)cc(-c4ccccc4)nc3c2n1.Cc1ccc2ccc3c(-c4nc(-c5ccccc5)cc(-c5ccc(-c6ccccc6)cc5)n4)cc(-c4ccncc4)nc3c2n1. The molecule has 0 aliphatic rings. The summed E-state index contributed by atoms with van der Waals surface area (Å²) in [5.74, 6) is 1.98. The summed E-state index contributed by atoms with van der Waals surface area (Å²) < 4.78 is 0. The van der Waals surface area contributed by atoms with Crippen LogP contribution < -0.4 is 0 Å². The average Bonchev–Trinajstić information content (AvgIpc) is 0.754. The highest BCUT2D eigenvalue weighted by Crippen LogP contribution is 2.43. The molecule has 10 aromatic heterocycles. The molecule has 13 heteroatoms. The summed E-state index contributed by atoms with van der Waals surface area (Å²) in [6.45, 7) is 6.05. The molecule has 0 unspecified atom stereocenters. The van der Waals surface area contributed by atoms with Gasteiger partial charge in [-0.25, -0.2) is 44.9 Å². The molecule has 0 atom stereocenters. The summed E-state index contributed by atoms with van der Waals surface area (Å²) in [7, 11) is 0. The van der Waals surface area contributed by atoms with Crippen molar-refractivity contribution in [3.05, 3.63) is 466 Å². The lowest BCUT2D eigenvalue weighted by Gasteiger charge is -2.14. The second-order valence-electron chi connectivity index (χ2n) is 33.4. The van der Waals surface area contributed by atoms with Crippen molar-refractivity contribution in [3.63, 3.8) is 0 Å². The smallest absolute Gasteiger partial charge is 0.161 e. The molecule has 0 saturated heterocycles. The molecule has 10 heterocycles. The largest absolute Gasteiger partial charge is 0.265 e. The van der Waals surface area contributed by atoms with Crippen molar-refractivity contribution in [3.8, 4) is 169 Å². The molecular formula is C122H83N13. The van der Waals surface area contributed by atoms with Gasteiger partial charge in [-0.1, -0.05) is 370 Å². The van der Waals surface area contributed by atoms with Crippen molar-refractivity contribution in [2.75, 3.05) is 0 Å². The van der Waals surface area contributed by atoms with E-state index in [-0.39, 0.29) is 0 Å². The van der Waals surface area contributed by atoms with Gasteiger partial charge in [-0.3, -0.25) is 19.9 Å². The Bertz CT molecular complexity index is 7690. The number of aryl methyl sites for hydroxylation is 3. The summed E-state index contributed by atoms with van der Waals surface area (Å²) in [5, 5.41) is 6.12. The Kier molecular flexibility index (Phi) is 22.5. The van der Waals surface area contributed by atoms with Gasteiger partial charge in [0.05, 0.1) is 84.3 Å². The summed E-state index contributed by atoms with van der Waals surface area (Å²) in [4.78, 5) is 65.5. The van der Waals surface area contributed by atoms with Crippen LogP contribution in [0.25, 0.3) is 234 Å². The van der Waals surface area contributed by atoms with Crippen LogP contribution in [0, 0.1) is 20.8 Å². The lowest BCUT2D eigenvalue weighted by atomic mass is 9.98. The number of nitrogens with zero attached hydrogens (tertiary/aromatic N) is 13. The molecule has 0 bridgehead atoms. The monoisotopic (exact) mass is 1730 g/mol. The molecule has 14 aromatic carbocycles. The number of hydrogen-bond donors (Lipinski definition) is 0. The third-order valence-electron chi connectivity index (χ3n) is 24.4. The molecule has 0 fully saturated rings. The van der Waals surface area contributed by atoms with Crippen LogP contribution in [0.3, 0.4) is 0 Å². The van der Waals surface area contributed by atoms with Gasteiger partial charge in [0.25, 0.3) is 0 Å². The zero-order chi connectivity index (χ0) is 90.5. The number of benzene rings is 14. The Morgan fingerprint density at radius 1 is 0.141 bits per heavy atom. The van der Waals surface area contributed by atoms with Crippen LogP contribution >= 0.6 is 0 Å². The number of pyridine rings is 7. The van der Waals surface area contributed by atoms with E-state index in [4.69, 9.17) is 59.8 Å². The van der Waals surface area contributed by atoms with Crippen LogP contribution in [0.4, 0.5) is 0 Å². The van der Waals surface area contributed by atoms with Gasteiger partial charge in [-0.15, -0.1) is 0 Å². The van der Waals surface area contributed by atoms with E-state index < -0.39 is 0 Å². The normalized spacial score (nSPS) is 11.2. The van der Waals surface area contributed by atoms with Gasteiger partial charge in [0.1, 0.15) is 0 Å². The minimum Gasteiger partial charge on any atom is -0.265 e. The van der Waals surface area contributed by atoms with Crippen LogP contribution in [0.2, 0.25) is 0 Å². The molecule has 24 aromatic rings. The highest BCUT2D eigenvalue weighted by atomic mass is 14.9. The molecule has 0 N–H and O–H groups in total. The average molecular weight is 1730 g/mol. The second-order valence-corrected chi connectivity index (χ2v) is 33.4. The fourth-order valence-corrected chi connectivity index (χ4v) is 17.5. The van der Waals surface area contributed by atoms with Crippen molar-refractivity contribution in [1.82, 2.24) is 64.8 Å². The van der Waals surface area contributed by atoms with E-state index in [1.54, 1.807) is 12.4 Å². The first kappa shape index (κ1) is 82.6. The molecule has 0 radical (unpaired) electrons. The van der Waals surface area contributed by atoms with E-state index in [0.29, 0.717) is 17.5 Å². The first-order valence-electron chi connectivity index (χ1n) is 45.1. The van der Waals surface area contributed by atoms with Crippen molar-refractivity contribution < 1.29 is 0 Å². The fourth-order valence-electron chi connectivity index (χ4n) is 17.5. The van der Waals surface area contributed by atoms with E-state index in [2.05, 4.69) is 302 Å². The van der Waals surface area contributed by atoms with E-state index in [1.807, 2.05) is 160 Å². The zero-order valence-electron chi connectivity index (χ0n) is 74.0. The van der Waals surface area contributed by atoms with Crippen LogP contribution in [-0.4, -0.2) is 64.8 Å². The molecular weight excluding hydrogens is 1650 g/mol. The Morgan fingerprint density at radius 3 is 0.681 bits per heavy atom. The van der Waals surface area contributed by atoms with E-state index >= 15 is 0 Å². The number of aromatic nitrogens is 13. The maximum Gasteiger partial charge on any atom is 0.161 e. The topological polar surface area (TPSA) is 168 Å². The summed E-state index contributed by atoms with van der Waals surface area (Å²) in [6, 6.07) is 150. The first-order chi connectivity index (χ1) is 66.6. The molecule has 0 aliphatic heterocycles. The highest BCUT2D eigenvalue weighted by molar-refractivity contribution is 6.12. The summed E-state index contributed by atoms with van der Waals surface area (Å²) in [5.41, 5.74) is 34.7. The van der Waals surface area contributed by atoms with Gasteiger partial charge in [0.2, 0.25) is 0 Å². The van der Waals surface area contributed by atoms with Crippen molar-refractivity contribution in [1.29, 1.82) is 0 Å². The minimum atomic E-state index is 0.633. The molecule has 24 rings (SSSR count). The minimum absolute atomic E-state index is 0.633. The quantitative estimate of drug-likeness (QED) is 0.0890. The maximum atomic E-state index is 5.23. The van der Waals surface area contributed by atoms with Crippen molar-refractivity contribution in [2.24, 2.45) is 0 Å². The Hall–Kier alpha value is -18.1. The van der Waals surface area contributed by atoms with Gasteiger partial charge < -0.3 is 0 Å². The first-order valence-corrected chi connectivity index (χ1v) is 45.1. The molecule has 0 spiro atoms. The number of hydrogen-bond acceptors (Lipinski definition) is 13. The van der Waals surface area contributed by atoms with E-state index in [9.17, 15) is 0 Å². The van der Waals surface area contributed by atoms with Gasteiger partial charge >= 0.3 is 0 Å². The zero-order valence-corrected chi connectivity index (χ0v) is 74.0. The molecule has 0 amide bonds. The molecule has 135 heavy (non-hydrogen) atoms.